The minimum absolute atomic E-state index is 0.0639. The van der Waals surface area contributed by atoms with Crippen LogP contribution in [-0.2, 0) is 11.2 Å². The van der Waals surface area contributed by atoms with Crippen molar-refractivity contribution in [3.63, 3.8) is 0 Å². The van der Waals surface area contributed by atoms with E-state index in [4.69, 9.17) is 9.47 Å². The van der Waals surface area contributed by atoms with Gasteiger partial charge in [-0.3, -0.25) is 9.78 Å². The molecule has 1 N–H and O–H groups in total. The quantitative estimate of drug-likeness (QED) is 0.345. The van der Waals surface area contributed by atoms with Crippen LogP contribution in [0.5, 0.6) is 11.5 Å². The first-order valence-corrected chi connectivity index (χ1v) is 11.0. The van der Waals surface area contributed by atoms with Crippen molar-refractivity contribution < 1.29 is 14.3 Å². The number of carbonyl (C=O) groups excluding carboxylic acids is 1. The molecule has 0 aliphatic carbocycles. The first-order valence-electron chi connectivity index (χ1n) is 11.0. The molecule has 0 aliphatic heterocycles. The lowest BCUT2D eigenvalue weighted by atomic mass is 9.97. The Balaban J connectivity index is 1.69. The lowest BCUT2D eigenvalue weighted by Gasteiger charge is -2.12. The summed E-state index contributed by atoms with van der Waals surface area (Å²) in [4.78, 5) is 16.5. The molecule has 5 nitrogen and oxygen atoms in total. The molecule has 1 atom stereocenters. The summed E-state index contributed by atoms with van der Waals surface area (Å²) in [6.45, 7) is 2.01. The summed E-state index contributed by atoms with van der Waals surface area (Å²) < 4.78 is 10.6. The summed E-state index contributed by atoms with van der Waals surface area (Å²) in [7, 11) is 3.29. The second kappa shape index (κ2) is 12.2. The lowest BCUT2D eigenvalue weighted by molar-refractivity contribution is -0.117. The van der Waals surface area contributed by atoms with Gasteiger partial charge in [0.2, 0.25) is 5.91 Å². The number of aryl methyl sites for hydroxylation is 1. The smallest absolute Gasteiger partial charge is 0.244 e. The standard InChI is InChI=1S/C28H30N2O3/c1-21(9-10-22-6-5-19-29-20-22)30-28(31)8-4-7-27(23-11-15-25(32-2)16-12-23)24-13-17-26(33-3)18-14-24/h4-8,11-21H,9-10H2,1-3H3,(H,30,31)/t21-/m1/s1. The Bertz CT molecular complexity index is 1020. The molecule has 3 rings (SSSR count). The molecular formula is C28H30N2O3. The zero-order valence-electron chi connectivity index (χ0n) is 19.3. The largest absolute Gasteiger partial charge is 0.497 e. The van der Waals surface area contributed by atoms with Crippen LogP contribution in [0, 0.1) is 0 Å². The van der Waals surface area contributed by atoms with E-state index in [2.05, 4.69) is 10.3 Å². The fraction of sp³-hybridized carbons (Fsp3) is 0.214. The van der Waals surface area contributed by atoms with Gasteiger partial charge < -0.3 is 14.8 Å². The molecular weight excluding hydrogens is 412 g/mol. The van der Waals surface area contributed by atoms with Gasteiger partial charge in [0.05, 0.1) is 14.2 Å². The molecule has 0 saturated carbocycles. The summed E-state index contributed by atoms with van der Waals surface area (Å²) in [6.07, 6.45) is 10.6. The van der Waals surface area contributed by atoms with E-state index >= 15 is 0 Å². The Morgan fingerprint density at radius 3 is 2.09 bits per heavy atom. The van der Waals surface area contributed by atoms with Crippen LogP contribution in [-0.4, -0.2) is 31.2 Å². The number of hydrogen-bond acceptors (Lipinski definition) is 4. The van der Waals surface area contributed by atoms with Crippen LogP contribution in [0.4, 0.5) is 0 Å². The molecule has 0 aliphatic rings. The van der Waals surface area contributed by atoms with Gasteiger partial charge in [0, 0.05) is 24.5 Å². The van der Waals surface area contributed by atoms with E-state index in [-0.39, 0.29) is 11.9 Å². The van der Waals surface area contributed by atoms with Gasteiger partial charge in [-0.05, 0) is 72.4 Å². The summed E-state index contributed by atoms with van der Waals surface area (Å²) in [5.74, 6) is 1.47. The molecule has 1 amide bonds. The molecule has 1 aromatic heterocycles. The van der Waals surface area contributed by atoms with Gasteiger partial charge in [-0.2, -0.15) is 0 Å². The number of amides is 1. The average Bonchev–Trinajstić information content (AvgIpc) is 2.86. The Morgan fingerprint density at radius 2 is 1.58 bits per heavy atom. The first-order chi connectivity index (χ1) is 16.1. The Labute approximate surface area is 195 Å². The van der Waals surface area contributed by atoms with Crippen LogP contribution in [0.25, 0.3) is 5.57 Å². The molecule has 0 unspecified atom stereocenters. The van der Waals surface area contributed by atoms with Crippen LogP contribution in [0.1, 0.15) is 30.0 Å². The molecule has 33 heavy (non-hydrogen) atoms. The number of ether oxygens (including phenoxy) is 2. The van der Waals surface area contributed by atoms with Crippen molar-refractivity contribution in [1.29, 1.82) is 0 Å². The van der Waals surface area contributed by atoms with Crippen LogP contribution in [0.15, 0.2) is 91.3 Å². The third-order valence-corrected chi connectivity index (χ3v) is 5.29. The summed E-state index contributed by atoms with van der Waals surface area (Å²) >= 11 is 0. The SMILES string of the molecule is COc1ccc(C(=CC=CC(=O)N[C@H](C)CCc2cccnc2)c2ccc(OC)cc2)cc1. The molecule has 0 bridgehead atoms. The number of methoxy groups -OCH3 is 2. The maximum Gasteiger partial charge on any atom is 0.244 e. The van der Waals surface area contributed by atoms with E-state index in [0.717, 1.165) is 41.0 Å². The minimum Gasteiger partial charge on any atom is -0.497 e. The van der Waals surface area contributed by atoms with Crippen molar-refractivity contribution >= 4 is 11.5 Å². The Morgan fingerprint density at radius 1 is 0.970 bits per heavy atom. The number of rotatable bonds is 10. The second-order valence-corrected chi connectivity index (χ2v) is 7.71. The van der Waals surface area contributed by atoms with Crippen molar-refractivity contribution in [2.75, 3.05) is 14.2 Å². The van der Waals surface area contributed by atoms with E-state index in [9.17, 15) is 4.79 Å². The van der Waals surface area contributed by atoms with Crippen LogP contribution in [0.2, 0.25) is 0 Å². The topological polar surface area (TPSA) is 60.5 Å². The number of pyridine rings is 1. The normalized spacial score (nSPS) is 11.6. The summed E-state index contributed by atoms with van der Waals surface area (Å²) in [5, 5.41) is 3.03. The van der Waals surface area contributed by atoms with E-state index in [1.165, 1.54) is 5.56 Å². The van der Waals surface area contributed by atoms with Crippen LogP contribution < -0.4 is 14.8 Å². The van der Waals surface area contributed by atoms with Gasteiger partial charge in [0.25, 0.3) is 0 Å². The summed E-state index contributed by atoms with van der Waals surface area (Å²) in [6, 6.07) is 19.7. The maximum atomic E-state index is 12.4. The van der Waals surface area contributed by atoms with Gasteiger partial charge in [-0.25, -0.2) is 0 Å². The first kappa shape index (κ1) is 23.8. The number of aromatic nitrogens is 1. The lowest BCUT2D eigenvalue weighted by Crippen LogP contribution is -2.31. The molecule has 1 heterocycles. The molecule has 2 aromatic carbocycles. The zero-order valence-corrected chi connectivity index (χ0v) is 19.3. The monoisotopic (exact) mass is 442 g/mol. The number of allylic oxidation sites excluding steroid dienone is 2. The third kappa shape index (κ3) is 7.35. The van der Waals surface area contributed by atoms with Crippen LogP contribution in [0.3, 0.4) is 0 Å². The minimum atomic E-state index is -0.117. The van der Waals surface area contributed by atoms with Crippen molar-refractivity contribution in [3.8, 4) is 11.5 Å². The van der Waals surface area contributed by atoms with Crippen molar-refractivity contribution in [2.24, 2.45) is 0 Å². The predicted octanol–water partition coefficient (Wildman–Crippen LogP) is 5.22. The van der Waals surface area contributed by atoms with E-state index < -0.39 is 0 Å². The highest BCUT2D eigenvalue weighted by Crippen LogP contribution is 2.27. The second-order valence-electron chi connectivity index (χ2n) is 7.71. The number of carbonyl (C=O) groups is 1. The number of nitrogens with one attached hydrogen (secondary N) is 1. The fourth-order valence-electron chi connectivity index (χ4n) is 3.42. The highest BCUT2D eigenvalue weighted by atomic mass is 16.5. The molecule has 170 valence electrons. The number of benzene rings is 2. The molecule has 0 fully saturated rings. The maximum absolute atomic E-state index is 12.4. The van der Waals surface area contributed by atoms with E-state index in [1.54, 1.807) is 32.6 Å². The van der Waals surface area contributed by atoms with Crippen molar-refractivity contribution in [2.45, 2.75) is 25.8 Å². The predicted molar refractivity (Wildman–Crippen MR) is 132 cm³/mol. The van der Waals surface area contributed by atoms with Crippen molar-refractivity contribution in [3.05, 3.63) is 108 Å². The number of hydrogen-bond donors (Lipinski definition) is 1. The van der Waals surface area contributed by atoms with E-state index in [1.807, 2.05) is 79.9 Å². The van der Waals surface area contributed by atoms with Gasteiger partial charge in [0.1, 0.15) is 11.5 Å². The van der Waals surface area contributed by atoms with Gasteiger partial charge in [-0.1, -0.05) is 42.5 Å². The molecule has 3 aromatic rings. The average molecular weight is 443 g/mol. The van der Waals surface area contributed by atoms with Gasteiger partial charge >= 0.3 is 0 Å². The third-order valence-electron chi connectivity index (χ3n) is 5.29. The Hall–Kier alpha value is -3.86. The molecule has 0 spiro atoms. The fourth-order valence-corrected chi connectivity index (χ4v) is 3.42. The summed E-state index contributed by atoms with van der Waals surface area (Å²) in [5.41, 5.74) is 4.21. The number of nitrogens with zero attached hydrogens (tertiary/aromatic N) is 1. The van der Waals surface area contributed by atoms with Crippen molar-refractivity contribution in [1.82, 2.24) is 10.3 Å². The van der Waals surface area contributed by atoms with Gasteiger partial charge in [-0.15, -0.1) is 0 Å². The van der Waals surface area contributed by atoms with E-state index in [0.29, 0.717) is 0 Å². The molecule has 5 heteroatoms. The highest BCUT2D eigenvalue weighted by molar-refractivity contribution is 5.89. The van der Waals surface area contributed by atoms with Crippen LogP contribution >= 0.6 is 0 Å². The molecule has 0 saturated heterocycles. The van der Waals surface area contributed by atoms with Gasteiger partial charge in [0.15, 0.2) is 0 Å². The Kier molecular flexibility index (Phi) is 8.83. The molecule has 0 radical (unpaired) electrons. The highest BCUT2D eigenvalue weighted by Gasteiger charge is 2.07. The zero-order chi connectivity index (χ0) is 23.5.